The first-order valence-electron chi connectivity index (χ1n) is 35.4. The number of nitrogens with one attached hydrogen (secondary N) is 10. The van der Waals surface area contributed by atoms with Crippen molar-refractivity contribution in [2.45, 2.75) is 70.5 Å². The third-order valence-electron chi connectivity index (χ3n) is 15.7. The molecule has 126 heavy (non-hydrogen) atoms. The number of β-amino-alcohol motifs (C(OH)–C–C–N with tert-alkyl or cyclic N) is 4. The average molecular weight is 2080 g/mol. The Morgan fingerprint density at radius 2 is 0.937 bits per heavy atom. The first-order chi connectivity index (χ1) is 58.9. The van der Waals surface area contributed by atoms with Gasteiger partial charge in [-0.2, -0.15) is 0 Å². The van der Waals surface area contributed by atoms with Crippen LogP contribution in [0.15, 0.2) is 116 Å². The molecule has 0 fully saturated rings. The summed E-state index contributed by atoms with van der Waals surface area (Å²) in [7, 11) is -0.561. The predicted octanol–water partition coefficient (Wildman–Crippen LogP) is 8.47. The molecule has 4 unspecified atom stereocenters. The highest BCUT2D eigenvalue weighted by molar-refractivity contribution is 9.11. The van der Waals surface area contributed by atoms with Gasteiger partial charge in [-0.05, 0) is 106 Å². The lowest BCUT2D eigenvalue weighted by atomic mass is 9.84. The molecule has 6 atom stereocenters. The Kier molecular flexibility index (Phi) is 43.6. The van der Waals surface area contributed by atoms with Crippen LogP contribution in [0.25, 0.3) is 0 Å². The summed E-state index contributed by atoms with van der Waals surface area (Å²) in [5.41, 5.74) is 7.55. The van der Waals surface area contributed by atoms with E-state index in [9.17, 15) is 104 Å². The number of phenols is 2. The zero-order valence-corrected chi connectivity index (χ0v) is 75.5. The Hall–Kier alpha value is -10.6. The van der Waals surface area contributed by atoms with Crippen molar-refractivity contribution in [3.8, 4) is 11.5 Å². The first-order valence-corrected chi connectivity index (χ1v) is 43.7. The lowest BCUT2D eigenvalue weighted by molar-refractivity contribution is -0.385. The van der Waals surface area contributed by atoms with Gasteiger partial charge in [0.05, 0.1) is 140 Å². The number of aromatic hydroxyl groups is 2. The van der Waals surface area contributed by atoms with E-state index in [4.69, 9.17) is 72.6 Å². The van der Waals surface area contributed by atoms with E-state index in [0.717, 1.165) is 72.4 Å². The number of carbonyl (C=O) groups is 10. The zero-order valence-electron chi connectivity index (χ0n) is 64.4. The fraction of sp³-hybridized carbons (Fsp3) is 0.296. The van der Waals surface area contributed by atoms with Crippen LogP contribution in [0.4, 0.5) is 28.4 Å². The number of amidine groups is 1. The van der Waals surface area contributed by atoms with E-state index in [-0.39, 0.29) is 75.8 Å². The number of carboxylic acid groups (broad SMARTS) is 6. The van der Waals surface area contributed by atoms with Crippen molar-refractivity contribution in [3.63, 3.8) is 0 Å². The number of aromatic carboxylic acids is 4. The smallest absolute Gasteiger partial charge is 0.410 e. The molecule has 4 aliphatic rings. The minimum atomic E-state index is -1.23. The maximum absolute atomic E-state index is 12.4. The van der Waals surface area contributed by atoms with Crippen LogP contribution in [0.2, 0.25) is 26.9 Å². The maximum atomic E-state index is 12.4. The standard InChI is InChI=1S/2C20H21Cl2N5O6S.C9H11N3O3S.C6H13BN2O2.C5H2BrNO4S.C5H3BrO2S.C5H5NO2S.CH4/c2*21-9-1-12(18(32)13(22)2-9)14(4-17(30)31)27-16(29)7-23-19(33)15-3-10(8-34-15)26-20-24-5-11(28)6-25-20;13-6-2-10-9(11-3-6)12-5-1-7(8(14)15)16-4-5;1-5-8-3-6(10)4-9(5)7(2)11;6-4-2(7(10)11)1-3(12-4)5(8)9;6-4-2-1-3(9-4)5(7)8;6-3-1-4(5(7)8)9-2-3;/h2*1-3,8,11,14,28,32H,4-7H2,(H,23,33)(H,27,29)(H,30,31)(H2,24,25,26);1,4,6,13H,2-3H2,(H,14,15)(H2,10,11,12);6,10-11H,3-4H2,1-2H3;1H,(H,8,9);1-2H,(H,7,8);1-2H,6H2,(H,7,8);1H4/t2*14-;;;;;;/m00....../s1. The average Bonchev–Trinajstić information content (AvgIpc) is 0.925. The fourth-order valence-corrected chi connectivity index (χ4v) is 16.5. The summed E-state index contributed by atoms with van der Waals surface area (Å²) in [6.07, 6.45) is -3.07. The Morgan fingerprint density at radius 1 is 0.556 bits per heavy atom. The number of aliphatic imine (C=N–C) groups is 4. The SMILES string of the molecule is C.CB(O)N1CC(O)CN=C1C.Nc1csc(C(=O)O)c1.O=C(O)C[C@H](NC(=O)CNC(=O)c1cc(NC2=NCC(O)CN2)cs1)c1cc(Cl)cc(Cl)c1O.O=C(O)C[C@H](NC(=O)CNC(=O)c1cc(NC2=NCC(O)CN2)cs1)c1cc(Cl)cc(Cl)c1O.O=C(O)c1cc(NC2=NCC(O)CN2)cs1.O=C(O)c1cc([N+](=O)[O-])c(Br)s1.O=C(O)c1ccc(Br)s1. The molecule has 0 radical (unpaired) electrons. The molecular formula is C71H80BBr2Cl4N17O25S6. The maximum Gasteiger partial charge on any atom is 0.410 e. The predicted molar refractivity (Wildman–Crippen MR) is 488 cm³/mol. The summed E-state index contributed by atoms with van der Waals surface area (Å²) < 4.78 is 1.07. The number of amides is 4. The van der Waals surface area contributed by atoms with Crippen molar-refractivity contribution in [3.05, 3.63) is 166 Å². The number of halogens is 6. The second kappa shape index (κ2) is 51.9. The highest BCUT2D eigenvalue weighted by Crippen LogP contribution is 2.39. The van der Waals surface area contributed by atoms with Gasteiger partial charge in [0.15, 0.2) is 17.9 Å². The van der Waals surface area contributed by atoms with Gasteiger partial charge >= 0.3 is 42.9 Å². The van der Waals surface area contributed by atoms with Gasteiger partial charge in [0.2, 0.25) is 11.8 Å². The van der Waals surface area contributed by atoms with E-state index in [2.05, 4.69) is 105 Å². The number of nitrogens with two attached hydrogens (primary N) is 1. The molecule has 6 aromatic heterocycles. The zero-order chi connectivity index (χ0) is 92.6. The van der Waals surface area contributed by atoms with Crippen LogP contribution < -0.4 is 58.9 Å². The Labute approximate surface area is 775 Å². The number of aliphatic hydroxyl groups excluding tert-OH is 4. The van der Waals surface area contributed by atoms with Gasteiger partial charge < -0.3 is 130 Å². The van der Waals surface area contributed by atoms with Crippen molar-refractivity contribution in [2.75, 3.05) is 87.1 Å². The monoisotopic (exact) mass is 2070 g/mol. The van der Waals surface area contributed by atoms with Gasteiger partial charge in [0.1, 0.15) is 34.8 Å². The molecule has 12 rings (SSSR count). The van der Waals surface area contributed by atoms with Crippen molar-refractivity contribution in [2.24, 2.45) is 20.0 Å². The third-order valence-corrected chi connectivity index (χ3v) is 23.9. The normalized spacial score (nSPS) is 15.6. The molecule has 0 aliphatic carbocycles. The summed E-state index contributed by atoms with van der Waals surface area (Å²) in [6, 6.07) is 13.4. The number of thiophene rings is 6. The fourth-order valence-electron chi connectivity index (χ4n) is 9.98. The number of aliphatic carboxylic acids is 2. The lowest BCUT2D eigenvalue weighted by Gasteiger charge is -2.31. The number of phenolic OH excluding ortho intramolecular Hbond substituents is 2. The van der Waals surface area contributed by atoms with Gasteiger partial charge in [-0.3, -0.25) is 58.9 Å². The van der Waals surface area contributed by atoms with E-state index < -0.39 is 145 Å². The van der Waals surface area contributed by atoms with E-state index in [1.165, 1.54) is 41.7 Å². The second-order valence-electron chi connectivity index (χ2n) is 25.5. The minimum absolute atomic E-state index is 0. The van der Waals surface area contributed by atoms with E-state index in [1.54, 1.807) is 63.5 Å². The van der Waals surface area contributed by atoms with E-state index in [0.29, 0.717) is 94.5 Å². The van der Waals surface area contributed by atoms with Gasteiger partial charge in [-0.15, -0.1) is 68.0 Å². The number of nitrogen functional groups attached to an aromatic ring is 1. The molecule has 4 aliphatic heterocycles. The molecule has 55 heteroatoms. The van der Waals surface area contributed by atoms with Crippen LogP contribution in [-0.2, 0) is 19.2 Å². The minimum Gasteiger partial charge on any atom is -0.506 e. The van der Waals surface area contributed by atoms with Crippen LogP contribution in [0.1, 0.15) is 108 Å². The second-order valence-corrected chi connectivity index (χ2v) is 35.7. The Bertz CT molecular complexity index is 5080. The van der Waals surface area contributed by atoms with Crippen LogP contribution in [0.5, 0.6) is 11.5 Å². The first kappa shape index (κ1) is 106. The summed E-state index contributed by atoms with van der Waals surface area (Å²) in [5.74, 6) is -7.20. The lowest BCUT2D eigenvalue weighted by Crippen LogP contribution is -2.48. The highest BCUT2D eigenvalue weighted by atomic mass is 79.9. The number of anilines is 4. The summed E-state index contributed by atoms with van der Waals surface area (Å²) in [4.78, 5) is 143. The van der Waals surface area contributed by atoms with Crippen LogP contribution in [0.3, 0.4) is 0 Å². The molecule has 42 nitrogen and oxygen atoms in total. The number of guanidine groups is 3. The van der Waals surface area contributed by atoms with Crippen LogP contribution >= 0.6 is 146 Å². The molecule has 2 aromatic carbocycles. The Balaban J connectivity index is 0.000000280. The molecule has 0 saturated heterocycles. The summed E-state index contributed by atoms with van der Waals surface area (Å²) in [6.45, 7) is 5.62. The molecule has 8 aromatic rings. The molecular weight excluding hydrogens is 2000 g/mol. The molecule has 4 amide bonds. The number of hydrogen-bond donors (Lipinski definition) is 24. The number of carboxylic acids is 6. The number of nitrogens with zero attached hydrogens (tertiary/aromatic N) is 6. The highest BCUT2D eigenvalue weighted by Gasteiger charge is 2.29. The van der Waals surface area contributed by atoms with Gasteiger partial charge in [0.25, 0.3) is 17.5 Å². The Morgan fingerprint density at radius 3 is 1.23 bits per heavy atom. The molecule has 0 bridgehead atoms. The van der Waals surface area contributed by atoms with E-state index >= 15 is 0 Å². The van der Waals surface area contributed by atoms with Gasteiger partial charge in [-0.25, -0.2) is 19.2 Å². The van der Waals surface area contributed by atoms with Gasteiger partial charge in [0, 0.05) is 80.6 Å². The quantitative estimate of drug-likeness (QED) is 0.0162. The molecule has 0 saturated carbocycles. The third kappa shape index (κ3) is 36.0. The van der Waals surface area contributed by atoms with Gasteiger partial charge in [-0.1, -0.05) is 53.8 Å². The number of nitro groups is 1. The van der Waals surface area contributed by atoms with Crippen molar-refractivity contribution >= 4 is 265 Å². The topological polar surface area (TPSA) is 676 Å². The molecule has 0 spiro atoms. The largest absolute Gasteiger partial charge is 0.506 e. The van der Waals surface area contributed by atoms with E-state index in [1.807, 2.05) is 6.92 Å². The number of aliphatic hydroxyl groups is 4. The molecule has 25 N–H and O–H groups in total. The molecule has 680 valence electrons. The molecule has 10 heterocycles. The number of hydrogen-bond acceptors (Lipinski definition) is 37. The number of carbonyl (C=O) groups excluding carboxylic acids is 4. The van der Waals surface area contributed by atoms with Crippen molar-refractivity contribution in [1.82, 2.24) is 42.0 Å². The van der Waals surface area contributed by atoms with Crippen molar-refractivity contribution < 1.29 is 119 Å². The van der Waals surface area contributed by atoms with Crippen LogP contribution in [0, 0.1) is 10.1 Å². The summed E-state index contributed by atoms with van der Waals surface area (Å²) >= 11 is 36.3. The summed E-state index contributed by atoms with van der Waals surface area (Å²) in [5, 5.41) is 164. The van der Waals surface area contributed by atoms with Crippen molar-refractivity contribution in [1.29, 1.82) is 0 Å². The number of benzene rings is 2. The van der Waals surface area contributed by atoms with Crippen LogP contribution in [-0.4, -0.2) is 256 Å². The number of rotatable bonds is 23.